The highest BCUT2D eigenvalue weighted by atomic mass is 16.2. The van der Waals surface area contributed by atoms with E-state index in [1.165, 1.54) is 0 Å². The molecule has 31 heavy (non-hydrogen) atoms. The largest absolute Gasteiger partial charge is 0.355 e. The second-order valence-electron chi connectivity index (χ2n) is 8.23. The Morgan fingerprint density at radius 1 is 1.16 bits per heavy atom. The number of carbonyl (C=O) groups is 3. The number of aromatic nitrogens is 1. The number of amides is 3. The van der Waals surface area contributed by atoms with E-state index in [0.717, 1.165) is 43.7 Å². The minimum Gasteiger partial charge on any atom is -0.355 e. The van der Waals surface area contributed by atoms with Crippen molar-refractivity contribution in [3.8, 4) is 0 Å². The number of carbonyl (C=O) groups excluding carboxylic acids is 3. The number of nitrogens with one attached hydrogen (secondary N) is 2. The average molecular weight is 423 g/mol. The molecule has 0 unspecified atom stereocenters. The van der Waals surface area contributed by atoms with Gasteiger partial charge in [-0.05, 0) is 49.9 Å². The van der Waals surface area contributed by atoms with Crippen LogP contribution in [0.25, 0.3) is 0 Å². The molecule has 0 spiro atoms. The minimum absolute atomic E-state index is 0.0116. The molecule has 2 N–H and O–H groups in total. The summed E-state index contributed by atoms with van der Waals surface area (Å²) in [6.07, 6.45) is 3.68. The Hall–Kier alpha value is -3.42. The van der Waals surface area contributed by atoms with Crippen molar-refractivity contribution in [2.24, 2.45) is 5.92 Å². The summed E-state index contributed by atoms with van der Waals surface area (Å²) < 4.78 is 23.0. The molecule has 3 heterocycles. The van der Waals surface area contributed by atoms with Crippen LogP contribution in [0.3, 0.4) is 0 Å². The van der Waals surface area contributed by atoms with Crippen LogP contribution in [0.4, 0.5) is 17.2 Å². The molecule has 160 valence electrons. The minimum atomic E-state index is -2.61. The van der Waals surface area contributed by atoms with Gasteiger partial charge in [-0.15, -0.1) is 0 Å². The molecule has 2 fully saturated rings. The Kier molecular flexibility index (Phi) is 4.04. The van der Waals surface area contributed by atoms with Gasteiger partial charge in [-0.3, -0.25) is 14.4 Å². The van der Waals surface area contributed by atoms with Crippen molar-refractivity contribution in [3.63, 3.8) is 0 Å². The van der Waals surface area contributed by atoms with Crippen LogP contribution in [-0.4, -0.2) is 52.6 Å². The van der Waals surface area contributed by atoms with Crippen LogP contribution in [0.15, 0.2) is 30.3 Å². The highest BCUT2D eigenvalue weighted by Crippen LogP contribution is 2.34. The Morgan fingerprint density at radius 3 is 2.58 bits per heavy atom. The summed E-state index contributed by atoms with van der Waals surface area (Å²) in [6, 6.07) is 8.45. The zero-order valence-corrected chi connectivity index (χ0v) is 17.0. The molecule has 0 atom stereocenters. The van der Waals surface area contributed by atoms with E-state index < -0.39 is 12.9 Å². The Morgan fingerprint density at radius 2 is 1.90 bits per heavy atom. The summed E-state index contributed by atoms with van der Waals surface area (Å²) in [5.41, 5.74) is 2.00. The number of hydrogen-bond donors (Lipinski definition) is 2. The number of pyridine rings is 1. The highest BCUT2D eigenvalue weighted by molar-refractivity contribution is 6.04. The Balaban J connectivity index is 1.43. The van der Waals surface area contributed by atoms with Gasteiger partial charge in [-0.1, -0.05) is 0 Å². The molecule has 2 aromatic rings. The number of hydrogen-bond acceptors (Lipinski definition) is 5. The van der Waals surface area contributed by atoms with Crippen LogP contribution in [0.2, 0.25) is 0 Å². The average Bonchev–Trinajstić information content (AvgIpc) is 3.39. The molecular weight excluding hydrogens is 394 g/mol. The molecule has 0 bridgehead atoms. The summed E-state index contributed by atoms with van der Waals surface area (Å²) >= 11 is 0. The van der Waals surface area contributed by atoms with Gasteiger partial charge in [0, 0.05) is 47.4 Å². The maximum absolute atomic E-state index is 12.9. The predicted molar refractivity (Wildman–Crippen MR) is 116 cm³/mol. The normalized spacial score (nSPS) is 19.5. The maximum atomic E-state index is 12.9. The van der Waals surface area contributed by atoms with E-state index in [9.17, 15) is 14.4 Å². The molecule has 3 aliphatic rings. The molecule has 1 saturated carbocycles. The number of nitrogens with zero attached hydrogens (tertiary/aromatic N) is 3. The topological polar surface area (TPSA) is 94.6 Å². The van der Waals surface area contributed by atoms with Crippen molar-refractivity contribution < 1.29 is 18.5 Å². The highest BCUT2D eigenvalue weighted by Gasteiger charge is 2.32. The summed E-state index contributed by atoms with van der Waals surface area (Å²) in [5.74, 6) is -0.569. The first-order valence-corrected chi connectivity index (χ1v) is 10.5. The smallest absolute Gasteiger partial charge is 0.257 e. The fraction of sp³-hybridized carbons (Fsp3) is 0.391. The van der Waals surface area contributed by atoms with Gasteiger partial charge in [-0.25, -0.2) is 4.98 Å². The summed E-state index contributed by atoms with van der Waals surface area (Å²) in [6.45, 7) is -1.25. The molecule has 3 amide bonds. The van der Waals surface area contributed by atoms with Gasteiger partial charge in [0.1, 0.15) is 5.82 Å². The standard InChI is InChI=1S/C23H25N5O3/c1-27-13-18-20(23(27)31)17(12-19(25-18)26-21(29)14-4-5-14)24-16-8-6-15(7-9-16)22(30)28-10-2-3-11-28/h6-9,12,14H,2-5,10-11,13H2,1H3,(H2,24,25,26,29)/i1D3. The van der Waals surface area contributed by atoms with Gasteiger partial charge >= 0.3 is 0 Å². The molecule has 0 radical (unpaired) electrons. The first-order valence-electron chi connectivity index (χ1n) is 12.0. The van der Waals surface area contributed by atoms with E-state index in [1.807, 2.05) is 4.90 Å². The van der Waals surface area contributed by atoms with Crippen LogP contribution < -0.4 is 10.6 Å². The molecule has 8 nitrogen and oxygen atoms in total. The number of anilines is 3. The number of rotatable bonds is 5. The predicted octanol–water partition coefficient (Wildman–Crippen LogP) is 3.00. The van der Waals surface area contributed by atoms with Gasteiger partial charge < -0.3 is 20.4 Å². The van der Waals surface area contributed by atoms with Crippen molar-refractivity contribution >= 4 is 34.9 Å². The fourth-order valence-corrected chi connectivity index (χ4v) is 4.00. The van der Waals surface area contributed by atoms with Crippen molar-refractivity contribution in [1.29, 1.82) is 0 Å². The van der Waals surface area contributed by atoms with E-state index >= 15 is 0 Å². The fourth-order valence-electron chi connectivity index (χ4n) is 4.00. The summed E-state index contributed by atoms with van der Waals surface area (Å²) in [4.78, 5) is 44.8. The quantitative estimate of drug-likeness (QED) is 0.773. The maximum Gasteiger partial charge on any atom is 0.257 e. The molecule has 5 rings (SSSR count). The third kappa shape index (κ3) is 3.85. The lowest BCUT2D eigenvalue weighted by atomic mass is 10.1. The summed E-state index contributed by atoms with van der Waals surface area (Å²) in [7, 11) is 0. The van der Waals surface area contributed by atoms with Crippen molar-refractivity contribution in [3.05, 3.63) is 47.2 Å². The van der Waals surface area contributed by atoms with Crippen molar-refractivity contribution in [1.82, 2.24) is 14.8 Å². The van der Waals surface area contributed by atoms with Gasteiger partial charge in [-0.2, -0.15) is 0 Å². The van der Waals surface area contributed by atoms with Gasteiger partial charge in [0.15, 0.2) is 0 Å². The molecule has 8 heteroatoms. The molecule has 2 aliphatic heterocycles. The molecule has 1 aromatic carbocycles. The second kappa shape index (κ2) is 7.68. The van der Waals surface area contributed by atoms with Gasteiger partial charge in [0.05, 0.1) is 23.5 Å². The lowest BCUT2D eigenvalue weighted by Crippen LogP contribution is -2.27. The third-order valence-electron chi connectivity index (χ3n) is 5.86. The first-order chi connectivity index (χ1) is 16.2. The summed E-state index contributed by atoms with van der Waals surface area (Å²) in [5, 5.41) is 5.93. The lowest BCUT2D eigenvalue weighted by Gasteiger charge is -2.16. The van der Waals surface area contributed by atoms with Crippen LogP contribution in [0, 0.1) is 5.92 Å². The zero-order chi connectivity index (χ0) is 24.0. The number of likely N-dealkylation sites (tertiary alicyclic amines) is 1. The monoisotopic (exact) mass is 422 g/mol. The van der Waals surface area contributed by atoms with Crippen LogP contribution >= 0.6 is 0 Å². The SMILES string of the molecule is [2H]C([2H])([2H])N1Cc2nc(NC(=O)C3CC3)cc(Nc3ccc(C(=O)N4CCCC4)cc3)c2C1=O. The third-order valence-corrected chi connectivity index (χ3v) is 5.86. The number of benzene rings is 1. The second-order valence-corrected chi connectivity index (χ2v) is 8.23. The Bertz CT molecular complexity index is 1160. The van der Waals surface area contributed by atoms with Crippen molar-refractivity contribution in [2.75, 3.05) is 30.7 Å². The number of fused-ring (bicyclic) bond motifs is 1. The zero-order valence-electron chi connectivity index (χ0n) is 20.0. The molecular formula is C23H25N5O3. The Labute approximate surface area is 184 Å². The van der Waals surface area contributed by atoms with Gasteiger partial charge in [0.2, 0.25) is 5.91 Å². The van der Waals surface area contributed by atoms with E-state index in [0.29, 0.717) is 16.9 Å². The van der Waals surface area contributed by atoms with Crippen LogP contribution in [-0.2, 0) is 11.3 Å². The van der Waals surface area contributed by atoms with Crippen LogP contribution in [0.1, 0.15) is 56.2 Å². The lowest BCUT2D eigenvalue weighted by molar-refractivity contribution is -0.117. The molecule has 1 aliphatic carbocycles. The molecule has 1 aromatic heterocycles. The first kappa shape index (κ1) is 16.3. The van der Waals surface area contributed by atoms with E-state index in [4.69, 9.17) is 4.11 Å². The van der Waals surface area contributed by atoms with Gasteiger partial charge in [0.25, 0.3) is 11.8 Å². The van der Waals surface area contributed by atoms with E-state index in [-0.39, 0.29) is 41.4 Å². The molecule has 1 saturated heterocycles. The van der Waals surface area contributed by atoms with E-state index in [1.54, 1.807) is 30.3 Å². The van der Waals surface area contributed by atoms with E-state index in [2.05, 4.69) is 15.6 Å². The van der Waals surface area contributed by atoms with Crippen molar-refractivity contribution in [2.45, 2.75) is 32.2 Å². The van der Waals surface area contributed by atoms with Crippen LogP contribution in [0.5, 0.6) is 0 Å².